The molecule has 2 aliphatic rings. The molecule has 0 saturated carbocycles. The van der Waals surface area contributed by atoms with Crippen LogP contribution in [0.2, 0.25) is 0 Å². The third-order valence-electron chi connectivity index (χ3n) is 5.73. The molecule has 0 amide bonds. The summed E-state index contributed by atoms with van der Waals surface area (Å²) in [6, 6.07) is 4.98. The normalized spacial score (nSPS) is 17.6. The van der Waals surface area contributed by atoms with Gasteiger partial charge in [0.25, 0.3) is 0 Å². The van der Waals surface area contributed by atoms with Crippen molar-refractivity contribution in [3.63, 3.8) is 0 Å². The summed E-state index contributed by atoms with van der Waals surface area (Å²) in [6.07, 6.45) is 3.66. The number of alkyl halides is 3. The number of aliphatic imine (C=N–C) groups is 1. The molecule has 1 fully saturated rings. The molecule has 0 bridgehead atoms. The Labute approximate surface area is 218 Å². The number of aliphatic hydroxyl groups excluding tert-OH is 1. The molecule has 1 unspecified atom stereocenters. The van der Waals surface area contributed by atoms with E-state index in [1.54, 1.807) is 6.07 Å². The van der Waals surface area contributed by atoms with E-state index in [4.69, 9.17) is 4.74 Å². The summed E-state index contributed by atoms with van der Waals surface area (Å²) in [5.74, 6) is 1.23. The summed E-state index contributed by atoms with van der Waals surface area (Å²) in [6.45, 7) is 5.91. The van der Waals surface area contributed by atoms with E-state index in [-0.39, 0.29) is 24.3 Å². The molecule has 38 heavy (non-hydrogen) atoms. The van der Waals surface area contributed by atoms with Crippen LogP contribution in [0.25, 0.3) is 12.2 Å². The average molecular weight is 530 g/mol. The summed E-state index contributed by atoms with van der Waals surface area (Å²) in [5, 5.41) is 16.6. The molecule has 4 rings (SSSR count). The zero-order valence-electron chi connectivity index (χ0n) is 20.9. The van der Waals surface area contributed by atoms with Crippen molar-refractivity contribution in [1.82, 2.24) is 19.9 Å². The summed E-state index contributed by atoms with van der Waals surface area (Å²) < 4.78 is 44.6. The number of halogens is 3. The molecular weight excluding hydrogens is 499 g/mol. The maximum atomic E-state index is 13.1. The minimum Gasteiger partial charge on any atom is -0.390 e. The zero-order valence-corrected chi connectivity index (χ0v) is 20.9. The number of anilines is 2. The Morgan fingerprint density at radius 1 is 1.11 bits per heavy atom. The molecule has 1 aromatic carbocycles. The van der Waals surface area contributed by atoms with Gasteiger partial charge >= 0.3 is 6.18 Å². The van der Waals surface area contributed by atoms with E-state index >= 15 is 0 Å². The molecule has 0 spiro atoms. The Morgan fingerprint density at radius 2 is 1.89 bits per heavy atom. The fourth-order valence-electron chi connectivity index (χ4n) is 3.90. The first-order valence-electron chi connectivity index (χ1n) is 12.3. The molecule has 1 atom stereocenters. The van der Waals surface area contributed by atoms with Gasteiger partial charge in [0, 0.05) is 26.2 Å². The van der Waals surface area contributed by atoms with Crippen molar-refractivity contribution in [2.75, 3.05) is 56.6 Å². The first-order chi connectivity index (χ1) is 18.3. The number of hydrogen-bond acceptors (Lipinski definition) is 9. The van der Waals surface area contributed by atoms with Gasteiger partial charge in [0.15, 0.2) is 5.82 Å². The standard InChI is InChI=1S/C26H30F3N7O2/c1-2-4-19-14-23(30-15-19)34-25-33-22(8-7-18-5-3-6-20(13-18)26(27,28)29)32-24(35-25)31-16-21(37)17-36-9-11-38-12-10-36/h2-8,13-14,21,37H,9-12,15-17H2,1H3,(H2,30,31,32,33,34,35)/b4-2+,8-7+. The van der Waals surface area contributed by atoms with E-state index in [1.807, 2.05) is 25.2 Å². The van der Waals surface area contributed by atoms with Gasteiger partial charge in [0.1, 0.15) is 5.84 Å². The number of amidine groups is 1. The first kappa shape index (κ1) is 27.4. The maximum absolute atomic E-state index is 13.1. The smallest absolute Gasteiger partial charge is 0.390 e. The molecule has 1 aromatic heterocycles. The minimum atomic E-state index is -4.44. The van der Waals surface area contributed by atoms with Crippen LogP contribution in [0.15, 0.2) is 53.1 Å². The van der Waals surface area contributed by atoms with Crippen molar-refractivity contribution < 1.29 is 23.0 Å². The summed E-state index contributed by atoms with van der Waals surface area (Å²) in [4.78, 5) is 19.7. The number of aliphatic hydroxyl groups is 1. The highest BCUT2D eigenvalue weighted by atomic mass is 19.4. The molecule has 2 aromatic rings. The van der Waals surface area contributed by atoms with Crippen LogP contribution in [-0.4, -0.2) is 82.8 Å². The number of rotatable bonds is 9. The Hall–Kier alpha value is -3.61. The summed E-state index contributed by atoms with van der Waals surface area (Å²) in [7, 11) is 0. The Balaban J connectivity index is 1.51. The predicted octanol–water partition coefficient (Wildman–Crippen LogP) is 3.49. The predicted molar refractivity (Wildman–Crippen MR) is 141 cm³/mol. The second-order valence-electron chi connectivity index (χ2n) is 8.79. The van der Waals surface area contributed by atoms with Crippen molar-refractivity contribution in [2.45, 2.75) is 19.2 Å². The molecular formula is C26H30F3N7O2. The van der Waals surface area contributed by atoms with Crippen LogP contribution in [0.4, 0.5) is 25.1 Å². The minimum absolute atomic E-state index is 0.198. The molecule has 12 heteroatoms. The molecule has 3 heterocycles. The SMILES string of the molecule is C/C=C/C1=CC(Nc2nc(/C=C/c3cccc(C(F)(F)F)c3)nc(NCC(O)CN3CCOCC3)n2)=NC1. The lowest BCUT2D eigenvalue weighted by Crippen LogP contribution is -2.42. The number of allylic oxidation sites excluding steroid dienone is 1. The number of hydrogen-bond donors (Lipinski definition) is 3. The third kappa shape index (κ3) is 8.20. The van der Waals surface area contributed by atoms with Crippen LogP contribution in [0.5, 0.6) is 0 Å². The second kappa shape index (κ2) is 12.8. The van der Waals surface area contributed by atoms with E-state index in [1.165, 1.54) is 18.2 Å². The second-order valence-corrected chi connectivity index (χ2v) is 8.79. The first-order valence-corrected chi connectivity index (χ1v) is 12.3. The van der Waals surface area contributed by atoms with Crippen molar-refractivity contribution in [3.05, 3.63) is 65.0 Å². The van der Waals surface area contributed by atoms with E-state index in [0.717, 1.165) is 30.8 Å². The Bertz CT molecular complexity index is 1220. The zero-order chi connectivity index (χ0) is 27.0. The Morgan fingerprint density at radius 3 is 2.66 bits per heavy atom. The number of ether oxygens (including phenoxy) is 1. The van der Waals surface area contributed by atoms with Gasteiger partial charge in [-0.05, 0) is 42.3 Å². The van der Waals surface area contributed by atoms with E-state index in [0.29, 0.717) is 37.7 Å². The number of nitrogens with one attached hydrogen (secondary N) is 2. The lowest BCUT2D eigenvalue weighted by molar-refractivity contribution is -0.137. The Kier molecular flexibility index (Phi) is 9.21. The lowest BCUT2D eigenvalue weighted by atomic mass is 10.1. The molecule has 1 saturated heterocycles. The van der Waals surface area contributed by atoms with Crippen LogP contribution < -0.4 is 10.6 Å². The average Bonchev–Trinajstić information content (AvgIpc) is 3.33. The van der Waals surface area contributed by atoms with Crippen LogP contribution >= 0.6 is 0 Å². The monoisotopic (exact) mass is 529 g/mol. The fraction of sp³-hybridized carbons (Fsp3) is 0.385. The van der Waals surface area contributed by atoms with Gasteiger partial charge in [0.05, 0.1) is 31.4 Å². The van der Waals surface area contributed by atoms with Crippen LogP contribution in [0.3, 0.4) is 0 Å². The van der Waals surface area contributed by atoms with Gasteiger partial charge in [-0.15, -0.1) is 0 Å². The number of aromatic nitrogens is 3. The highest BCUT2D eigenvalue weighted by Crippen LogP contribution is 2.29. The van der Waals surface area contributed by atoms with Crippen LogP contribution in [0, 0.1) is 0 Å². The highest BCUT2D eigenvalue weighted by Gasteiger charge is 2.30. The van der Waals surface area contributed by atoms with Crippen molar-refractivity contribution >= 4 is 29.9 Å². The molecule has 0 radical (unpaired) electrons. The summed E-state index contributed by atoms with van der Waals surface area (Å²) in [5.41, 5.74) is 0.639. The fourth-order valence-corrected chi connectivity index (χ4v) is 3.90. The van der Waals surface area contributed by atoms with Crippen LogP contribution in [-0.2, 0) is 10.9 Å². The molecule has 202 valence electrons. The van der Waals surface area contributed by atoms with Gasteiger partial charge in [-0.25, -0.2) is 0 Å². The maximum Gasteiger partial charge on any atom is 0.416 e. The quantitative estimate of drug-likeness (QED) is 0.453. The van der Waals surface area contributed by atoms with E-state index < -0.39 is 17.8 Å². The number of benzene rings is 1. The third-order valence-corrected chi connectivity index (χ3v) is 5.73. The van der Waals surface area contributed by atoms with Crippen molar-refractivity contribution in [1.29, 1.82) is 0 Å². The number of β-amino-alcohol motifs (C(OH)–C–C–N with tert-alkyl or cyclic N) is 1. The van der Waals surface area contributed by atoms with Gasteiger partial charge in [0.2, 0.25) is 11.9 Å². The molecule has 9 nitrogen and oxygen atoms in total. The molecule has 3 N–H and O–H groups in total. The topological polar surface area (TPSA) is 108 Å². The van der Waals surface area contributed by atoms with E-state index in [9.17, 15) is 18.3 Å². The van der Waals surface area contributed by atoms with Crippen LogP contribution in [0.1, 0.15) is 23.9 Å². The lowest BCUT2D eigenvalue weighted by Gasteiger charge is -2.28. The highest BCUT2D eigenvalue weighted by molar-refractivity contribution is 6.05. The van der Waals surface area contributed by atoms with Gasteiger partial charge in [-0.2, -0.15) is 28.1 Å². The molecule has 2 aliphatic heterocycles. The van der Waals surface area contributed by atoms with Gasteiger partial charge < -0.3 is 20.5 Å². The largest absolute Gasteiger partial charge is 0.416 e. The van der Waals surface area contributed by atoms with Gasteiger partial charge in [-0.3, -0.25) is 9.89 Å². The van der Waals surface area contributed by atoms with E-state index in [2.05, 4.69) is 35.5 Å². The van der Waals surface area contributed by atoms with Crippen molar-refractivity contribution in [2.24, 2.45) is 4.99 Å². The summed E-state index contributed by atoms with van der Waals surface area (Å²) >= 11 is 0. The van der Waals surface area contributed by atoms with Gasteiger partial charge in [-0.1, -0.05) is 30.4 Å². The van der Waals surface area contributed by atoms with Crippen molar-refractivity contribution in [3.8, 4) is 0 Å². The number of nitrogens with zero attached hydrogens (tertiary/aromatic N) is 5. The molecule has 0 aliphatic carbocycles. The number of morpholine rings is 1.